The third-order valence-electron chi connectivity index (χ3n) is 8.92. The molecule has 0 nitrogen and oxygen atoms in total. The summed E-state index contributed by atoms with van der Waals surface area (Å²) in [6.07, 6.45) is 8.98. The second-order valence-corrected chi connectivity index (χ2v) is 16.7. The first-order valence-corrected chi connectivity index (χ1v) is 19.3. The summed E-state index contributed by atoms with van der Waals surface area (Å²) in [5, 5.41) is 2.77. The molecule has 0 aliphatic rings. The molecule has 0 fully saturated rings. The summed E-state index contributed by atoms with van der Waals surface area (Å²) < 4.78 is 8.32. The van der Waals surface area contributed by atoms with Crippen LogP contribution < -0.4 is 0 Å². The van der Waals surface area contributed by atoms with Gasteiger partial charge in [-0.15, -0.1) is 45.3 Å². The molecule has 0 saturated heterocycles. The molecule has 5 aromatic carbocycles. The molecule has 0 saturated carbocycles. The minimum Gasteiger partial charge on any atom is -0.134 e. The van der Waals surface area contributed by atoms with Crippen LogP contribution in [-0.4, -0.2) is 0 Å². The van der Waals surface area contributed by atoms with Crippen LogP contribution in [0.15, 0.2) is 121 Å². The number of aryl methyl sites for hydroxylation is 2. The molecule has 0 spiro atoms. The largest absolute Gasteiger partial charge is 0.134 e. The lowest BCUT2D eigenvalue weighted by Gasteiger charge is -2.03. The topological polar surface area (TPSA) is 0 Å². The van der Waals surface area contributed by atoms with Crippen LogP contribution in [0.2, 0.25) is 0 Å². The van der Waals surface area contributed by atoms with Gasteiger partial charge in [-0.1, -0.05) is 120 Å². The summed E-state index contributed by atoms with van der Waals surface area (Å²) >= 11 is 7.64. The molecule has 48 heavy (non-hydrogen) atoms. The van der Waals surface area contributed by atoms with Gasteiger partial charge in [0.25, 0.3) is 0 Å². The maximum Gasteiger partial charge on any atom is 0.0536 e. The van der Waals surface area contributed by atoms with Gasteiger partial charge in [-0.3, -0.25) is 0 Å². The van der Waals surface area contributed by atoms with E-state index in [1.165, 1.54) is 93.2 Å². The van der Waals surface area contributed by atoms with Crippen molar-refractivity contribution in [2.24, 2.45) is 0 Å². The van der Waals surface area contributed by atoms with Crippen LogP contribution in [-0.2, 0) is 0 Å². The van der Waals surface area contributed by atoms with Gasteiger partial charge in [0.1, 0.15) is 0 Å². The lowest BCUT2D eigenvalue weighted by molar-refractivity contribution is 1.47. The summed E-state index contributed by atoms with van der Waals surface area (Å²) in [7, 11) is 0. The molecule has 0 bridgehead atoms. The van der Waals surface area contributed by atoms with Crippen molar-refractivity contribution in [1.82, 2.24) is 0 Å². The van der Waals surface area contributed by atoms with Crippen LogP contribution in [0.3, 0.4) is 0 Å². The molecule has 9 rings (SSSR count). The maximum atomic E-state index is 2.43. The first-order valence-electron chi connectivity index (χ1n) is 16.0. The van der Waals surface area contributed by atoms with Crippen LogP contribution in [0, 0.1) is 13.8 Å². The number of rotatable bonds is 6. The molecule has 0 unspecified atom stereocenters. The Morgan fingerprint density at radius 1 is 0.354 bits per heavy atom. The highest BCUT2D eigenvalue weighted by atomic mass is 32.1. The number of thiophene rings is 4. The molecule has 4 heterocycles. The molecule has 0 radical (unpaired) electrons. The third kappa shape index (κ3) is 5.65. The highest BCUT2D eigenvalue weighted by molar-refractivity contribution is 7.34. The third-order valence-corrected chi connectivity index (χ3v) is 13.6. The summed E-state index contributed by atoms with van der Waals surface area (Å²) in [6.45, 7) is 4.26. The Morgan fingerprint density at radius 3 is 1.08 bits per heavy atom. The Balaban J connectivity index is 0.941. The van der Waals surface area contributed by atoms with E-state index < -0.39 is 0 Å². The van der Waals surface area contributed by atoms with Gasteiger partial charge >= 0.3 is 0 Å². The van der Waals surface area contributed by atoms with Gasteiger partial charge in [-0.05, 0) is 83.6 Å². The molecule has 0 N–H and O–H groups in total. The van der Waals surface area contributed by atoms with Crippen LogP contribution in [0.25, 0.3) is 85.5 Å². The second kappa shape index (κ2) is 12.1. The molecular formula is C44H30S4. The Labute approximate surface area is 296 Å². The predicted octanol–water partition coefficient (Wildman–Crippen LogP) is 14.8. The average molecular weight is 687 g/mol. The predicted molar refractivity (Wildman–Crippen MR) is 219 cm³/mol. The molecule has 4 aromatic heterocycles. The van der Waals surface area contributed by atoms with E-state index in [9.17, 15) is 0 Å². The van der Waals surface area contributed by atoms with Crippen LogP contribution in [0.1, 0.15) is 32.0 Å². The normalized spacial score (nSPS) is 12.2. The number of hydrogen-bond donors (Lipinski definition) is 0. The molecule has 230 valence electrons. The second-order valence-electron chi connectivity index (χ2n) is 12.4. The van der Waals surface area contributed by atoms with Crippen molar-refractivity contribution in [3.05, 3.63) is 153 Å². The fourth-order valence-corrected chi connectivity index (χ4v) is 11.1. The lowest BCUT2D eigenvalue weighted by Crippen LogP contribution is -1.79. The number of fused-ring (bicyclic) bond motifs is 6. The van der Waals surface area contributed by atoms with Gasteiger partial charge in [-0.2, -0.15) is 0 Å². The monoisotopic (exact) mass is 686 g/mol. The van der Waals surface area contributed by atoms with Gasteiger partial charge in [-0.25, -0.2) is 0 Å². The zero-order valence-corrected chi connectivity index (χ0v) is 29.8. The van der Waals surface area contributed by atoms with Gasteiger partial charge in [0.15, 0.2) is 0 Å². The minimum absolute atomic E-state index is 1.22. The number of hydrogen-bond acceptors (Lipinski definition) is 4. The Bertz CT molecular complexity index is 2450. The Hall–Kier alpha value is -4.58. The first kappa shape index (κ1) is 29.6. The van der Waals surface area contributed by atoms with E-state index in [0.29, 0.717) is 0 Å². The zero-order chi connectivity index (χ0) is 32.2. The SMILES string of the molecule is Cc1ccc(-c2ccc(C=Cc3cc4sc5cc6c(cc5c4s3)sc3cc(C=Cc4ccc(-c5ccc(C)cc5)cc4)sc36)cc2)cc1. The Morgan fingerprint density at radius 2 is 0.708 bits per heavy atom. The zero-order valence-electron chi connectivity index (χ0n) is 26.5. The van der Waals surface area contributed by atoms with E-state index in [4.69, 9.17) is 0 Å². The summed E-state index contributed by atoms with van der Waals surface area (Å²) in [6, 6.07) is 44.7. The Kier molecular flexibility index (Phi) is 7.47. The number of benzene rings is 5. The molecule has 0 aliphatic heterocycles. The van der Waals surface area contributed by atoms with Crippen LogP contribution in [0.4, 0.5) is 0 Å². The highest BCUT2D eigenvalue weighted by Crippen LogP contribution is 2.46. The van der Waals surface area contributed by atoms with E-state index in [2.05, 4.69) is 159 Å². The fourth-order valence-electron chi connectivity index (χ4n) is 6.22. The molecule has 0 aliphatic carbocycles. The van der Waals surface area contributed by atoms with Crippen molar-refractivity contribution in [3.8, 4) is 22.3 Å². The average Bonchev–Trinajstić information content (AvgIpc) is 3.86. The van der Waals surface area contributed by atoms with Gasteiger partial charge in [0.2, 0.25) is 0 Å². The van der Waals surface area contributed by atoms with E-state index in [1.807, 2.05) is 45.3 Å². The smallest absolute Gasteiger partial charge is 0.0536 e. The van der Waals surface area contributed by atoms with Crippen molar-refractivity contribution in [2.45, 2.75) is 13.8 Å². The molecular weight excluding hydrogens is 657 g/mol. The lowest BCUT2D eigenvalue weighted by atomic mass is 10.0. The van der Waals surface area contributed by atoms with E-state index in [-0.39, 0.29) is 0 Å². The van der Waals surface area contributed by atoms with Crippen molar-refractivity contribution < 1.29 is 0 Å². The molecule has 0 atom stereocenters. The highest BCUT2D eigenvalue weighted by Gasteiger charge is 2.14. The van der Waals surface area contributed by atoms with Crippen molar-refractivity contribution >= 4 is 109 Å². The van der Waals surface area contributed by atoms with E-state index >= 15 is 0 Å². The summed E-state index contributed by atoms with van der Waals surface area (Å²) in [5.41, 5.74) is 10.0. The van der Waals surface area contributed by atoms with Crippen molar-refractivity contribution in [2.75, 3.05) is 0 Å². The molecule has 4 heteroatoms. The van der Waals surface area contributed by atoms with Crippen LogP contribution in [0.5, 0.6) is 0 Å². The van der Waals surface area contributed by atoms with Gasteiger partial charge in [0, 0.05) is 39.3 Å². The fraction of sp³-hybridized carbons (Fsp3) is 0.0455. The molecule has 0 amide bonds. The minimum atomic E-state index is 1.22. The van der Waals surface area contributed by atoms with Gasteiger partial charge < -0.3 is 0 Å². The standard InChI is InChI=1S/C44H30S4/c1-27-3-13-31(14-4-27)33-17-7-29(8-18-33)11-21-35-23-41-43(45-35)37-25-40-38(26-39(37)47-41)44-42(48-40)24-36(46-44)22-12-30-9-19-34(20-10-30)32-15-5-28(2)6-16-32/h3-26H,1-2H3. The van der Waals surface area contributed by atoms with Crippen molar-refractivity contribution in [3.63, 3.8) is 0 Å². The summed E-state index contributed by atoms with van der Waals surface area (Å²) in [4.78, 5) is 2.60. The quantitative estimate of drug-likeness (QED) is 0.163. The van der Waals surface area contributed by atoms with Crippen LogP contribution >= 0.6 is 45.3 Å². The van der Waals surface area contributed by atoms with Gasteiger partial charge in [0.05, 0.1) is 9.40 Å². The molecule has 9 aromatic rings. The maximum absolute atomic E-state index is 2.43. The van der Waals surface area contributed by atoms with Crippen molar-refractivity contribution in [1.29, 1.82) is 0 Å². The van der Waals surface area contributed by atoms with E-state index in [0.717, 1.165) is 0 Å². The first-order chi connectivity index (χ1) is 23.5. The van der Waals surface area contributed by atoms with E-state index in [1.54, 1.807) is 0 Å². The summed E-state index contributed by atoms with van der Waals surface area (Å²) in [5.74, 6) is 0.